The van der Waals surface area contributed by atoms with Crippen molar-refractivity contribution in [3.8, 4) is 0 Å². The van der Waals surface area contributed by atoms with E-state index in [4.69, 9.17) is 0 Å². The lowest BCUT2D eigenvalue weighted by molar-refractivity contribution is 0.270. The van der Waals surface area contributed by atoms with E-state index in [0.29, 0.717) is 10.8 Å². The highest BCUT2D eigenvalue weighted by Gasteiger charge is 2.33. The maximum Gasteiger partial charge on any atom is 0.253 e. The fourth-order valence-corrected chi connectivity index (χ4v) is 5.20. The molecule has 0 radical (unpaired) electrons. The lowest BCUT2D eigenvalue weighted by Gasteiger charge is -2.33. The van der Waals surface area contributed by atoms with Gasteiger partial charge in [0.15, 0.2) is 0 Å². The molecule has 0 bridgehead atoms. The summed E-state index contributed by atoms with van der Waals surface area (Å²) in [6.07, 6.45) is 2.48. The monoisotopic (exact) mass is 330 g/mol. The van der Waals surface area contributed by atoms with Gasteiger partial charge in [-0.2, -0.15) is 4.31 Å². The molecular weight excluding hydrogens is 304 g/mol. The van der Waals surface area contributed by atoms with E-state index in [1.54, 1.807) is 12.1 Å². The summed E-state index contributed by atoms with van der Waals surface area (Å²) in [7, 11) is -3.47. The van der Waals surface area contributed by atoms with Gasteiger partial charge in [0.25, 0.3) is 10.0 Å². The first kappa shape index (κ1) is 18.4. The SMILES string of the molecule is C=CCN(C(C)(C)C)S(=O)(=O)c1ccc(CCNCC)s1. The van der Waals surface area contributed by atoms with E-state index in [-0.39, 0.29) is 0 Å². The highest BCUT2D eigenvalue weighted by Crippen LogP contribution is 2.29. The molecule has 21 heavy (non-hydrogen) atoms. The molecule has 1 heterocycles. The molecule has 0 aliphatic carbocycles. The van der Waals surface area contributed by atoms with Crippen LogP contribution in [0.15, 0.2) is 29.0 Å². The maximum atomic E-state index is 12.8. The third kappa shape index (κ3) is 4.92. The molecular formula is C15H26N2O2S2. The molecule has 1 rings (SSSR count). The third-order valence-corrected chi connectivity index (χ3v) is 6.77. The van der Waals surface area contributed by atoms with Crippen LogP contribution in [0.2, 0.25) is 0 Å². The van der Waals surface area contributed by atoms with Crippen LogP contribution in [0.4, 0.5) is 0 Å². The summed E-state index contributed by atoms with van der Waals surface area (Å²) in [6, 6.07) is 3.62. The summed E-state index contributed by atoms with van der Waals surface area (Å²) in [6.45, 7) is 13.5. The number of rotatable bonds is 8. The van der Waals surface area contributed by atoms with E-state index in [9.17, 15) is 8.42 Å². The van der Waals surface area contributed by atoms with E-state index < -0.39 is 15.6 Å². The molecule has 4 nitrogen and oxygen atoms in total. The van der Waals surface area contributed by atoms with Gasteiger partial charge >= 0.3 is 0 Å². The molecule has 0 spiro atoms. The van der Waals surface area contributed by atoms with Crippen LogP contribution in [0.25, 0.3) is 0 Å². The van der Waals surface area contributed by atoms with Crippen molar-refractivity contribution in [2.45, 2.75) is 43.9 Å². The molecule has 0 aliphatic heterocycles. The Kier molecular flexibility index (Phi) is 6.59. The molecule has 0 saturated heterocycles. The van der Waals surface area contributed by atoms with E-state index in [0.717, 1.165) is 24.4 Å². The number of nitrogens with one attached hydrogen (secondary N) is 1. The van der Waals surface area contributed by atoms with Crippen molar-refractivity contribution in [3.63, 3.8) is 0 Å². The van der Waals surface area contributed by atoms with Gasteiger partial charge < -0.3 is 5.32 Å². The molecule has 0 unspecified atom stereocenters. The molecule has 0 aliphatic rings. The highest BCUT2D eigenvalue weighted by atomic mass is 32.2. The first-order valence-corrected chi connectivity index (χ1v) is 9.42. The van der Waals surface area contributed by atoms with Gasteiger partial charge in [0.05, 0.1) is 0 Å². The van der Waals surface area contributed by atoms with Gasteiger partial charge in [-0.15, -0.1) is 17.9 Å². The summed E-state index contributed by atoms with van der Waals surface area (Å²) in [5.74, 6) is 0. The van der Waals surface area contributed by atoms with Crippen LogP contribution >= 0.6 is 11.3 Å². The van der Waals surface area contributed by atoms with Gasteiger partial charge in [0, 0.05) is 17.0 Å². The predicted molar refractivity (Wildman–Crippen MR) is 90.4 cm³/mol. The van der Waals surface area contributed by atoms with Crippen molar-refractivity contribution in [2.75, 3.05) is 19.6 Å². The minimum atomic E-state index is -3.47. The smallest absolute Gasteiger partial charge is 0.253 e. The van der Waals surface area contributed by atoms with Gasteiger partial charge in [-0.25, -0.2) is 8.42 Å². The summed E-state index contributed by atoms with van der Waals surface area (Å²) in [4.78, 5) is 1.09. The van der Waals surface area contributed by atoms with Crippen molar-refractivity contribution in [1.82, 2.24) is 9.62 Å². The summed E-state index contributed by atoms with van der Waals surface area (Å²) >= 11 is 1.36. The second-order valence-electron chi connectivity index (χ2n) is 5.82. The number of nitrogens with zero attached hydrogens (tertiary/aromatic N) is 1. The topological polar surface area (TPSA) is 49.4 Å². The summed E-state index contributed by atoms with van der Waals surface area (Å²) in [5.41, 5.74) is -0.471. The van der Waals surface area contributed by atoms with Crippen LogP contribution in [0.1, 0.15) is 32.6 Å². The average Bonchev–Trinajstić information content (AvgIpc) is 2.84. The van der Waals surface area contributed by atoms with Crippen LogP contribution in [-0.4, -0.2) is 37.9 Å². The Morgan fingerprint density at radius 2 is 2.05 bits per heavy atom. The summed E-state index contributed by atoms with van der Waals surface area (Å²) < 4.78 is 27.5. The number of likely N-dealkylation sites (N-methyl/N-ethyl adjacent to an activating group) is 1. The molecule has 0 aromatic carbocycles. The molecule has 6 heteroatoms. The normalized spacial score (nSPS) is 12.8. The van der Waals surface area contributed by atoms with Gasteiger partial charge in [-0.05, 0) is 52.4 Å². The first-order chi connectivity index (χ1) is 9.73. The number of thiophene rings is 1. The molecule has 1 aromatic heterocycles. The number of hydrogen-bond donors (Lipinski definition) is 1. The number of sulfonamides is 1. The Morgan fingerprint density at radius 1 is 1.38 bits per heavy atom. The van der Waals surface area contributed by atoms with Crippen LogP contribution in [0.5, 0.6) is 0 Å². The molecule has 120 valence electrons. The Bertz CT molecular complexity index is 556. The van der Waals surface area contributed by atoms with Crippen molar-refractivity contribution in [3.05, 3.63) is 29.7 Å². The van der Waals surface area contributed by atoms with Crippen LogP contribution < -0.4 is 5.32 Å². The van der Waals surface area contributed by atoms with E-state index in [2.05, 4.69) is 18.8 Å². The lowest BCUT2D eigenvalue weighted by atomic mass is 10.1. The molecule has 0 atom stereocenters. The average molecular weight is 331 g/mol. The second-order valence-corrected chi connectivity index (χ2v) is 9.08. The zero-order valence-corrected chi connectivity index (χ0v) is 15.0. The molecule has 0 amide bonds. The molecule has 0 fully saturated rings. The van der Waals surface area contributed by atoms with E-state index in [1.807, 2.05) is 26.8 Å². The maximum absolute atomic E-state index is 12.8. The van der Waals surface area contributed by atoms with Gasteiger partial charge in [-0.3, -0.25) is 0 Å². The lowest BCUT2D eigenvalue weighted by Crippen LogP contribution is -2.45. The Labute approximate surface area is 132 Å². The van der Waals surface area contributed by atoms with Crippen LogP contribution in [0, 0.1) is 0 Å². The van der Waals surface area contributed by atoms with E-state index >= 15 is 0 Å². The van der Waals surface area contributed by atoms with Gasteiger partial charge in [0.1, 0.15) is 4.21 Å². The number of hydrogen-bond acceptors (Lipinski definition) is 4. The third-order valence-electron chi connectivity index (χ3n) is 3.02. The molecule has 1 N–H and O–H groups in total. The highest BCUT2D eigenvalue weighted by molar-refractivity contribution is 7.91. The van der Waals surface area contributed by atoms with Crippen LogP contribution in [-0.2, 0) is 16.4 Å². The van der Waals surface area contributed by atoms with Crippen LogP contribution in [0.3, 0.4) is 0 Å². The molecule has 1 aromatic rings. The van der Waals surface area contributed by atoms with E-state index in [1.165, 1.54) is 15.6 Å². The van der Waals surface area contributed by atoms with Gasteiger partial charge in [-0.1, -0.05) is 13.0 Å². The second kappa shape index (κ2) is 7.54. The fourth-order valence-electron chi connectivity index (χ4n) is 1.98. The Balaban J connectivity index is 2.98. The molecule has 0 saturated carbocycles. The fraction of sp³-hybridized carbons (Fsp3) is 0.600. The summed E-state index contributed by atoms with van der Waals surface area (Å²) in [5, 5.41) is 3.25. The van der Waals surface area contributed by atoms with Crippen molar-refractivity contribution in [1.29, 1.82) is 0 Å². The van der Waals surface area contributed by atoms with Crippen molar-refractivity contribution >= 4 is 21.4 Å². The van der Waals surface area contributed by atoms with Crippen molar-refractivity contribution in [2.24, 2.45) is 0 Å². The minimum absolute atomic E-state index is 0.316. The van der Waals surface area contributed by atoms with Crippen molar-refractivity contribution < 1.29 is 8.42 Å². The Hall–Kier alpha value is -0.690. The zero-order chi connectivity index (χ0) is 16.1. The largest absolute Gasteiger partial charge is 0.317 e. The standard InChI is InChI=1S/C15H26N2O2S2/c1-6-12-17(15(3,4)5)21(18,19)14-9-8-13(20-14)10-11-16-7-2/h6,8-9,16H,1,7,10-12H2,2-5H3. The minimum Gasteiger partial charge on any atom is -0.317 e. The zero-order valence-electron chi connectivity index (χ0n) is 13.3. The van der Waals surface area contributed by atoms with Gasteiger partial charge in [0.2, 0.25) is 0 Å². The predicted octanol–water partition coefficient (Wildman–Crippen LogP) is 2.88. The quantitative estimate of drug-likeness (QED) is 0.589. The first-order valence-electron chi connectivity index (χ1n) is 7.16. The Morgan fingerprint density at radius 3 is 2.57 bits per heavy atom.